The number of nitrogen functional groups attached to an aromatic ring is 1. The maximum atomic E-state index is 12.6. The van der Waals surface area contributed by atoms with Gasteiger partial charge in [-0.05, 0) is 19.8 Å². The van der Waals surface area contributed by atoms with Crippen molar-refractivity contribution in [3.05, 3.63) is 26.4 Å². The van der Waals surface area contributed by atoms with Gasteiger partial charge in [-0.1, -0.05) is 23.1 Å². The van der Waals surface area contributed by atoms with Crippen LogP contribution in [0.4, 0.5) is 5.82 Å². The Hall–Kier alpha value is -2.58. The average molecular weight is 482 g/mol. The summed E-state index contributed by atoms with van der Waals surface area (Å²) in [4.78, 5) is 42.9. The quantitative estimate of drug-likeness (QED) is 0.403. The fraction of sp³-hybridized carbons (Fsp3) is 0.471. The predicted octanol–water partition coefficient (Wildman–Crippen LogP) is 1.26. The van der Waals surface area contributed by atoms with Crippen LogP contribution in [-0.2, 0) is 9.53 Å². The number of piperidine rings is 1. The molecule has 0 aromatic carbocycles. The maximum absolute atomic E-state index is 12.6. The lowest BCUT2D eigenvalue weighted by Gasteiger charge is -2.31. The van der Waals surface area contributed by atoms with Crippen molar-refractivity contribution >= 4 is 57.1 Å². The monoisotopic (exact) mass is 481 g/mol. The fourth-order valence-electron chi connectivity index (χ4n) is 3.13. The normalized spacial score (nSPS) is 14.8. The van der Waals surface area contributed by atoms with Crippen molar-refractivity contribution in [2.45, 2.75) is 30.0 Å². The third-order valence-electron chi connectivity index (χ3n) is 4.72. The molecule has 11 nitrogen and oxygen atoms in total. The molecule has 0 spiro atoms. The van der Waals surface area contributed by atoms with Gasteiger partial charge in [0.2, 0.25) is 16.7 Å². The highest BCUT2D eigenvalue weighted by Gasteiger charge is 2.27. The maximum Gasteiger partial charge on any atom is 0.357 e. The number of nitrogens with two attached hydrogens (primary N) is 1. The molecule has 0 unspecified atom stereocenters. The number of aromatic nitrogens is 5. The second-order valence-corrected chi connectivity index (χ2v) is 9.76. The number of nitrogens with zero attached hydrogens (tertiary/aromatic N) is 6. The van der Waals surface area contributed by atoms with Crippen molar-refractivity contribution in [1.82, 2.24) is 29.7 Å². The van der Waals surface area contributed by atoms with E-state index in [0.29, 0.717) is 34.7 Å². The Balaban J connectivity index is 1.30. The van der Waals surface area contributed by atoms with Gasteiger partial charge in [-0.2, -0.15) is 4.52 Å². The summed E-state index contributed by atoms with van der Waals surface area (Å²) in [6, 6.07) is 0. The van der Waals surface area contributed by atoms with Gasteiger partial charge in [0.15, 0.2) is 10.0 Å². The van der Waals surface area contributed by atoms with E-state index < -0.39 is 11.5 Å². The third kappa shape index (κ3) is 4.70. The summed E-state index contributed by atoms with van der Waals surface area (Å²) in [5.41, 5.74) is 5.29. The summed E-state index contributed by atoms with van der Waals surface area (Å²) in [6.45, 7) is 3.33. The number of amides is 1. The number of ether oxygens (including phenoxy) is 1. The van der Waals surface area contributed by atoms with Crippen molar-refractivity contribution in [3.8, 4) is 0 Å². The van der Waals surface area contributed by atoms with Crippen molar-refractivity contribution in [2.24, 2.45) is 0 Å². The molecule has 3 aromatic heterocycles. The number of carbonyl (C=O) groups excluding carboxylic acids is 2. The van der Waals surface area contributed by atoms with Crippen molar-refractivity contribution in [2.75, 3.05) is 31.2 Å². The number of anilines is 1. The SMILES string of the molecule is CCOC(=O)c1csc(C2CCN(C(=O)CSc3nn4c(=O)c(N)nnc4s3)CC2)n1. The van der Waals surface area contributed by atoms with Gasteiger partial charge >= 0.3 is 11.5 Å². The molecule has 1 amide bonds. The minimum Gasteiger partial charge on any atom is -0.461 e. The molecule has 4 rings (SSSR count). The lowest BCUT2D eigenvalue weighted by atomic mass is 9.97. The highest BCUT2D eigenvalue weighted by molar-refractivity contribution is 8.01. The van der Waals surface area contributed by atoms with Crippen LogP contribution in [0.15, 0.2) is 14.5 Å². The Labute approximate surface area is 188 Å². The molecule has 1 saturated heterocycles. The van der Waals surface area contributed by atoms with Crippen LogP contribution < -0.4 is 11.3 Å². The standard InChI is InChI=1S/C17H19N7O4S3/c1-2-28-15(27)10-7-29-13(19-10)9-3-5-23(6-4-9)11(25)8-30-17-22-24-14(26)12(18)20-21-16(24)31-17/h7,9H,2-6,8H2,1H3,(H2,18,20). The van der Waals surface area contributed by atoms with Gasteiger partial charge in [0.05, 0.1) is 17.4 Å². The molecular weight excluding hydrogens is 462 g/mol. The Morgan fingerprint density at radius 2 is 2.10 bits per heavy atom. The van der Waals surface area contributed by atoms with Gasteiger partial charge in [-0.25, -0.2) is 9.78 Å². The molecule has 0 atom stereocenters. The zero-order valence-electron chi connectivity index (χ0n) is 16.5. The number of thioether (sulfide) groups is 1. The minimum absolute atomic E-state index is 0.00648. The summed E-state index contributed by atoms with van der Waals surface area (Å²) >= 11 is 3.90. The Morgan fingerprint density at radius 1 is 1.32 bits per heavy atom. The van der Waals surface area contributed by atoms with E-state index in [0.717, 1.165) is 22.4 Å². The van der Waals surface area contributed by atoms with Crippen LogP contribution >= 0.6 is 34.4 Å². The van der Waals surface area contributed by atoms with Crippen LogP contribution in [0.3, 0.4) is 0 Å². The van der Waals surface area contributed by atoms with Crippen LogP contribution in [0.1, 0.15) is 41.2 Å². The lowest BCUT2D eigenvalue weighted by Crippen LogP contribution is -2.38. The first-order chi connectivity index (χ1) is 15.0. The van der Waals surface area contributed by atoms with Gasteiger partial charge < -0.3 is 15.4 Å². The first-order valence-electron chi connectivity index (χ1n) is 9.51. The second kappa shape index (κ2) is 9.28. The van der Waals surface area contributed by atoms with Crippen molar-refractivity contribution in [3.63, 3.8) is 0 Å². The summed E-state index contributed by atoms with van der Waals surface area (Å²) < 4.78 is 6.64. The first kappa shape index (κ1) is 21.6. The van der Waals surface area contributed by atoms with Crippen LogP contribution in [0.25, 0.3) is 4.96 Å². The van der Waals surface area contributed by atoms with Gasteiger partial charge in [0, 0.05) is 24.4 Å². The topological polar surface area (TPSA) is 146 Å². The molecule has 0 saturated carbocycles. The molecule has 14 heteroatoms. The van der Waals surface area contributed by atoms with E-state index in [-0.39, 0.29) is 23.4 Å². The molecule has 3 aromatic rings. The van der Waals surface area contributed by atoms with E-state index in [4.69, 9.17) is 10.5 Å². The van der Waals surface area contributed by atoms with E-state index >= 15 is 0 Å². The molecule has 164 valence electrons. The first-order valence-corrected chi connectivity index (χ1v) is 12.2. The molecule has 4 heterocycles. The number of thiazole rings is 1. The molecule has 0 radical (unpaired) electrons. The lowest BCUT2D eigenvalue weighted by molar-refractivity contribution is -0.129. The molecular formula is C17H19N7O4S3. The highest BCUT2D eigenvalue weighted by Crippen LogP contribution is 2.31. The molecule has 1 fully saturated rings. The number of hydrogen-bond acceptors (Lipinski definition) is 12. The summed E-state index contributed by atoms with van der Waals surface area (Å²) in [5, 5.41) is 14.2. The van der Waals surface area contributed by atoms with Gasteiger partial charge in [-0.15, -0.1) is 26.6 Å². The van der Waals surface area contributed by atoms with E-state index in [1.165, 1.54) is 34.4 Å². The Morgan fingerprint density at radius 3 is 2.84 bits per heavy atom. The average Bonchev–Trinajstić information content (AvgIpc) is 3.43. The van der Waals surface area contributed by atoms with Crippen LogP contribution in [-0.4, -0.2) is 67.0 Å². The van der Waals surface area contributed by atoms with Gasteiger partial charge in [0.1, 0.15) is 0 Å². The molecule has 31 heavy (non-hydrogen) atoms. The Bertz CT molecular complexity index is 1170. The molecule has 0 bridgehead atoms. The van der Waals surface area contributed by atoms with E-state index in [1.54, 1.807) is 12.3 Å². The summed E-state index contributed by atoms with van der Waals surface area (Å²) in [6.07, 6.45) is 1.58. The Kier molecular flexibility index (Phi) is 6.48. The highest BCUT2D eigenvalue weighted by atomic mass is 32.2. The predicted molar refractivity (Wildman–Crippen MR) is 117 cm³/mol. The summed E-state index contributed by atoms with van der Waals surface area (Å²) in [7, 11) is 0. The van der Waals surface area contributed by atoms with Crippen LogP contribution in [0, 0.1) is 0 Å². The van der Waals surface area contributed by atoms with E-state index in [1.807, 2.05) is 4.90 Å². The molecule has 1 aliphatic rings. The molecule has 1 aliphatic heterocycles. The number of carbonyl (C=O) groups is 2. The minimum atomic E-state index is -0.519. The van der Waals surface area contributed by atoms with Gasteiger partial charge in [0.25, 0.3) is 0 Å². The summed E-state index contributed by atoms with van der Waals surface area (Å²) in [5.74, 6) is -0.169. The number of esters is 1. The van der Waals surface area contributed by atoms with Crippen LogP contribution in [0.2, 0.25) is 0 Å². The van der Waals surface area contributed by atoms with E-state index in [9.17, 15) is 14.4 Å². The van der Waals surface area contributed by atoms with Crippen molar-refractivity contribution in [1.29, 1.82) is 0 Å². The zero-order valence-corrected chi connectivity index (χ0v) is 19.0. The molecule has 2 N–H and O–H groups in total. The van der Waals surface area contributed by atoms with E-state index in [2.05, 4.69) is 20.3 Å². The third-order valence-corrected chi connectivity index (χ3v) is 7.74. The fourth-order valence-corrected chi connectivity index (χ4v) is 5.87. The largest absolute Gasteiger partial charge is 0.461 e. The van der Waals surface area contributed by atoms with Gasteiger partial charge in [-0.3, -0.25) is 9.59 Å². The van der Waals surface area contributed by atoms with Crippen molar-refractivity contribution < 1.29 is 14.3 Å². The van der Waals surface area contributed by atoms with Crippen LogP contribution in [0.5, 0.6) is 0 Å². The number of rotatable bonds is 6. The zero-order chi connectivity index (χ0) is 22.0. The number of fused-ring (bicyclic) bond motifs is 1. The number of hydrogen-bond donors (Lipinski definition) is 1. The second-order valence-electron chi connectivity index (χ2n) is 6.69. The number of likely N-dealkylation sites (tertiary alicyclic amines) is 1. The molecule has 0 aliphatic carbocycles. The smallest absolute Gasteiger partial charge is 0.357 e.